The molecule has 1 rings (SSSR count). The molecule has 0 aromatic carbocycles. The Labute approximate surface area is 76.7 Å². The summed E-state index contributed by atoms with van der Waals surface area (Å²) in [5.74, 6) is -0.505. The molecular formula is C6H12ClO4P. The largest absolute Gasteiger partial charge is 0.358 e. The molecule has 1 aliphatic rings. The standard InChI is InChI=1S/C6H12ClO4P/c1-9-12(8,10-2)6-4-3-5(7)11-6/h5-6H,3-4H2,1-2H3. The molecule has 2 unspecified atom stereocenters. The first-order valence-electron chi connectivity index (χ1n) is 3.63. The Morgan fingerprint density at radius 2 is 2.00 bits per heavy atom. The topological polar surface area (TPSA) is 44.8 Å². The first-order chi connectivity index (χ1) is 5.62. The van der Waals surface area contributed by atoms with Crippen LogP contribution in [0.25, 0.3) is 0 Å². The molecule has 72 valence electrons. The first-order valence-corrected chi connectivity index (χ1v) is 5.68. The first kappa shape index (κ1) is 10.5. The summed E-state index contributed by atoms with van der Waals surface area (Å²) in [7, 11) is -0.388. The van der Waals surface area contributed by atoms with Gasteiger partial charge in [0.1, 0.15) is 5.56 Å². The molecule has 0 bridgehead atoms. The third kappa shape index (κ3) is 2.01. The number of hydrogen-bond acceptors (Lipinski definition) is 4. The van der Waals surface area contributed by atoms with Crippen molar-refractivity contribution in [2.45, 2.75) is 24.2 Å². The van der Waals surface area contributed by atoms with Gasteiger partial charge in [-0.05, 0) is 12.8 Å². The number of rotatable bonds is 3. The zero-order valence-corrected chi connectivity index (χ0v) is 8.68. The van der Waals surface area contributed by atoms with Gasteiger partial charge in [0.15, 0.2) is 5.85 Å². The normalized spacial score (nSPS) is 30.9. The quantitative estimate of drug-likeness (QED) is 0.534. The van der Waals surface area contributed by atoms with Crippen molar-refractivity contribution in [2.24, 2.45) is 0 Å². The van der Waals surface area contributed by atoms with E-state index < -0.39 is 13.4 Å². The SMILES string of the molecule is COP(=O)(OC)C1CCC(Cl)O1. The van der Waals surface area contributed by atoms with Crippen LogP contribution in [0.4, 0.5) is 0 Å². The maximum Gasteiger partial charge on any atom is 0.358 e. The van der Waals surface area contributed by atoms with Crippen molar-refractivity contribution in [3.63, 3.8) is 0 Å². The van der Waals surface area contributed by atoms with Crippen LogP contribution in [0.2, 0.25) is 0 Å². The molecule has 0 aromatic heterocycles. The van der Waals surface area contributed by atoms with Crippen LogP contribution in [-0.2, 0) is 18.3 Å². The number of alkyl halides is 1. The van der Waals surface area contributed by atoms with Crippen LogP contribution in [-0.4, -0.2) is 25.6 Å². The summed E-state index contributed by atoms with van der Waals surface area (Å²) in [4.78, 5) is 0. The highest BCUT2D eigenvalue weighted by atomic mass is 35.5. The highest BCUT2D eigenvalue weighted by molar-refractivity contribution is 7.54. The van der Waals surface area contributed by atoms with Crippen molar-refractivity contribution >= 4 is 19.2 Å². The summed E-state index contributed by atoms with van der Waals surface area (Å²) in [5.41, 5.74) is -0.367. The monoisotopic (exact) mass is 214 g/mol. The molecule has 4 nitrogen and oxygen atoms in total. The molecule has 1 fully saturated rings. The zero-order chi connectivity index (χ0) is 9.19. The second-order valence-electron chi connectivity index (χ2n) is 2.48. The van der Waals surface area contributed by atoms with Gasteiger partial charge in [0, 0.05) is 14.2 Å². The average molecular weight is 215 g/mol. The lowest BCUT2D eigenvalue weighted by Gasteiger charge is -2.19. The lowest BCUT2D eigenvalue weighted by Crippen LogP contribution is -2.10. The van der Waals surface area contributed by atoms with Crippen molar-refractivity contribution in [1.29, 1.82) is 0 Å². The molecule has 0 aromatic rings. The van der Waals surface area contributed by atoms with Crippen LogP contribution >= 0.6 is 19.2 Å². The van der Waals surface area contributed by atoms with Gasteiger partial charge in [-0.3, -0.25) is 4.57 Å². The molecule has 12 heavy (non-hydrogen) atoms. The summed E-state index contributed by atoms with van der Waals surface area (Å²) in [5, 5.41) is 0. The molecule has 0 saturated carbocycles. The fraction of sp³-hybridized carbons (Fsp3) is 1.00. The second kappa shape index (κ2) is 4.07. The van der Waals surface area contributed by atoms with Crippen LogP contribution in [0.1, 0.15) is 12.8 Å². The van der Waals surface area contributed by atoms with Gasteiger partial charge >= 0.3 is 7.60 Å². The molecular weight excluding hydrogens is 202 g/mol. The molecule has 6 heteroatoms. The van der Waals surface area contributed by atoms with Crippen molar-refractivity contribution < 1.29 is 18.3 Å². The summed E-state index contributed by atoms with van der Waals surface area (Å²) in [6.45, 7) is 0. The van der Waals surface area contributed by atoms with Crippen LogP contribution in [0.15, 0.2) is 0 Å². The minimum atomic E-state index is -3.07. The van der Waals surface area contributed by atoms with E-state index in [9.17, 15) is 4.57 Å². The van der Waals surface area contributed by atoms with E-state index in [-0.39, 0.29) is 5.56 Å². The molecule has 1 aliphatic heterocycles. The molecule has 0 radical (unpaired) electrons. The third-order valence-electron chi connectivity index (χ3n) is 1.81. The third-order valence-corrected chi connectivity index (χ3v) is 4.23. The second-order valence-corrected chi connectivity index (χ2v) is 5.36. The Morgan fingerprint density at radius 3 is 2.33 bits per heavy atom. The van der Waals surface area contributed by atoms with Gasteiger partial charge < -0.3 is 13.8 Å². The Kier molecular flexibility index (Phi) is 3.56. The van der Waals surface area contributed by atoms with Crippen molar-refractivity contribution in [2.75, 3.05) is 14.2 Å². The van der Waals surface area contributed by atoms with Gasteiger partial charge in [-0.25, -0.2) is 0 Å². The average Bonchev–Trinajstić information content (AvgIpc) is 2.51. The summed E-state index contributed by atoms with van der Waals surface area (Å²) < 4.78 is 26.4. The van der Waals surface area contributed by atoms with Gasteiger partial charge in [0.05, 0.1) is 0 Å². The van der Waals surface area contributed by atoms with Gasteiger partial charge in [-0.15, -0.1) is 0 Å². The Bertz CT molecular complexity index is 190. The highest BCUT2D eigenvalue weighted by Gasteiger charge is 2.40. The van der Waals surface area contributed by atoms with E-state index in [1.807, 2.05) is 0 Å². The van der Waals surface area contributed by atoms with Gasteiger partial charge in [0.2, 0.25) is 0 Å². The summed E-state index contributed by atoms with van der Waals surface area (Å²) >= 11 is 5.67. The van der Waals surface area contributed by atoms with E-state index in [1.54, 1.807) is 0 Å². The van der Waals surface area contributed by atoms with E-state index in [1.165, 1.54) is 14.2 Å². The predicted molar refractivity (Wildman–Crippen MR) is 45.4 cm³/mol. The van der Waals surface area contributed by atoms with E-state index in [0.717, 1.165) is 0 Å². The maximum atomic E-state index is 11.7. The van der Waals surface area contributed by atoms with Crippen molar-refractivity contribution in [1.82, 2.24) is 0 Å². The molecule has 0 N–H and O–H groups in total. The molecule has 0 spiro atoms. The van der Waals surface area contributed by atoms with E-state index in [2.05, 4.69) is 0 Å². The molecule has 1 saturated heterocycles. The van der Waals surface area contributed by atoms with Crippen molar-refractivity contribution in [3.05, 3.63) is 0 Å². The summed E-state index contributed by atoms with van der Waals surface area (Å²) in [6, 6.07) is 0. The van der Waals surface area contributed by atoms with E-state index >= 15 is 0 Å². The predicted octanol–water partition coefficient (Wildman–Crippen LogP) is 2.17. The van der Waals surface area contributed by atoms with E-state index in [4.69, 9.17) is 25.4 Å². The Morgan fingerprint density at radius 1 is 1.42 bits per heavy atom. The smallest absolute Gasteiger partial charge is 0.347 e. The highest BCUT2D eigenvalue weighted by Crippen LogP contribution is 2.56. The number of hydrogen-bond donors (Lipinski definition) is 0. The lowest BCUT2D eigenvalue weighted by atomic mass is 10.4. The number of halogens is 1. The van der Waals surface area contributed by atoms with Gasteiger partial charge in [0.25, 0.3) is 0 Å². The van der Waals surface area contributed by atoms with Crippen LogP contribution in [0.3, 0.4) is 0 Å². The molecule has 1 heterocycles. The zero-order valence-electron chi connectivity index (χ0n) is 7.03. The van der Waals surface area contributed by atoms with Gasteiger partial charge in [-0.2, -0.15) is 0 Å². The molecule has 2 atom stereocenters. The fourth-order valence-corrected chi connectivity index (χ4v) is 2.82. The fourth-order valence-electron chi connectivity index (χ4n) is 1.12. The Hall–Kier alpha value is 0.400. The maximum absolute atomic E-state index is 11.7. The van der Waals surface area contributed by atoms with Crippen LogP contribution < -0.4 is 0 Å². The molecule has 0 aliphatic carbocycles. The Balaban J connectivity index is 2.62. The molecule has 0 amide bonds. The van der Waals surface area contributed by atoms with E-state index in [0.29, 0.717) is 12.8 Å². The lowest BCUT2D eigenvalue weighted by molar-refractivity contribution is 0.108. The van der Waals surface area contributed by atoms with Gasteiger partial charge in [-0.1, -0.05) is 11.6 Å². The minimum absolute atomic E-state index is 0.367. The number of ether oxygens (including phenoxy) is 1. The van der Waals surface area contributed by atoms with Crippen LogP contribution in [0.5, 0.6) is 0 Å². The van der Waals surface area contributed by atoms with Crippen molar-refractivity contribution in [3.8, 4) is 0 Å². The minimum Gasteiger partial charge on any atom is -0.347 e. The van der Waals surface area contributed by atoms with Crippen LogP contribution in [0, 0.1) is 0 Å². The summed E-state index contributed by atoms with van der Waals surface area (Å²) in [6.07, 6.45) is 1.30.